The molecule has 0 unspecified atom stereocenters. The van der Waals surface area contributed by atoms with Gasteiger partial charge in [-0.25, -0.2) is 0 Å². The minimum atomic E-state index is -0.0630. The Balaban J connectivity index is 2.85. The molecule has 2 atom stereocenters. The standard InChI is InChI=1S/C30H38N2O2/c1-25-19-15-11-7-5-9-13-18-22-28(4)30(34)32-24-26(2)20-16-12-8-6-10-14-17-21-27(3)29(33)31-23-25/h5-22,25-26H,23-24H2,1-4H3,(H,31,33)(H,32,34)/b9-5+,10-6+,11-7-,12-8-,17-14+,18-13+,19-15-,20-16-,27-21+,28-22+/t25-,26-/m0/s1. The molecular weight excluding hydrogens is 420 g/mol. The van der Waals surface area contributed by atoms with Crippen LogP contribution in [0.1, 0.15) is 27.7 Å². The van der Waals surface area contributed by atoms with Gasteiger partial charge >= 0.3 is 0 Å². The molecule has 1 aliphatic heterocycles. The van der Waals surface area contributed by atoms with E-state index in [2.05, 4.69) is 24.5 Å². The number of allylic oxidation sites excluding steroid dienone is 16. The second-order valence-electron chi connectivity index (χ2n) is 8.15. The molecule has 0 bridgehead atoms. The maximum Gasteiger partial charge on any atom is 0.246 e. The third kappa shape index (κ3) is 14.4. The molecule has 34 heavy (non-hydrogen) atoms. The van der Waals surface area contributed by atoms with Crippen LogP contribution in [0.25, 0.3) is 0 Å². The highest BCUT2D eigenvalue weighted by atomic mass is 16.2. The first-order valence-corrected chi connectivity index (χ1v) is 11.7. The fourth-order valence-electron chi connectivity index (χ4n) is 2.62. The molecule has 2 amide bonds. The SMILES string of the molecule is C\C1=C/C=C/C=C/C=C\C=C/[C@H](C)CNC(=O)/C(C)=C/C=C/C=C/C=C\C=C/[C@H](C)CNC1=O. The molecule has 0 saturated carbocycles. The summed E-state index contributed by atoms with van der Waals surface area (Å²) < 4.78 is 0. The summed E-state index contributed by atoms with van der Waals surface area (Å²) in [4.78, 5) is 24.4. The molecule has 0 fully saturated rings. The molecule has 0 aromatic heterocycles. The normalized spacial score (nSPS) is 32.5. The first kappa shape index (κ1) is 28.4. The summed E-state index contributed by atoms with van der Waals surface area (Å²) in [6, 6.07) is 0. The van der Waals surface area contributed by atoms with Crippen molar-refractivity contribution in [2.24, 2.45) is 11.8 Å². The Morgan fingerprint density at radius 1 is 0.529 bits per heavy atom. The Morgan fingerprint density at radius 2 is 0.824 bits per heavy atom. The first-order chi connectivity index (χ1) is 16.4. The van der Waals surface area contributed by atoms with Crippen molar-refractivity contribution in [2.75, 3.05) is 13.1 Å². The van der Waals surface area contributed by atoms with E-state index in [1.165, 1.54) is 0 Å². The van der Waals surface area contributed by atoms with E-state index >= 15 is 0 Å². The van der Waals surface area contributed by atoms with Gasteiger partial charge in [0.2, 0.25) is 11.8 Å². The van der Waals surface area contributed by atoms with Gasteiger partial charge in [-0.1, -0.05) is 123 Å². The molecule has 2 N–H and O–H groups in total. The highest BCUT2D eigenvalue weighted by Crippen LogP contribution is 2.00. The number of hydrogen-bond donors (Lipinski definition) is 2. The van der Waals surface area contributed by atoms with Gasteiger partial charge in [-0.15, -0.1) is 0 Å². The van der Waals surface area contributed by atoms with Crippen LogP contribution < -0.4 is 10.6 Å². The fraction of sp³-hybridized carbons (Fsp3) is 0.267. The molecule has 180 valence electrons. The molecule has 1 aliphatic rings. The third-order valence-electron chi connectivity index (χ3n) is 4.79. The maximum absolute atomic E-state index is 12.2. The molecule has 0 spiro atoms. The minimum Gasteiger partial charge on any atom is -0.352 e. The first-order valence-electron chi connectivity index (χ1n) is 11.7. The van der Waals surface area contributed by atoms with E-state index < -0.39 is 0 Å². The predicted molar refractivity (Wildman–Crippen MR) is 145 cm³/mol. The van der Waals surface area contributed by atoms with Crippen molar-refractivity contribution in [3.63, 3.8) is 0 Å². The Labute approximate surface area is 205 Å². The average Bonchev–Trinajstić information content (AvgIpc) is 2.82. The number of amides is 2. The summed E-state index contributed by atoms with van der Waals surface area (Å²) in [6.45, 7) is 8.87. The fourth-order valence-corrected chi connectivity index (χ4v) is 2.62. The monoisotopic (exact) mass is 458 g/mol. The summed E-state index contributed by atoms with van der Waals surface area (Å²) in [6.07, 6.45) is 34.5. The lowest BCUT2D eigenvalue weighted by atomic mass is 10.1. The van der Waals surface area contributed by atoms with Gasteiger partial charge in [0, 0.05) is 24.2 Å². The number of nitrogens with one attached hydrogen (secondary N) is 2. The van der Waals surface area contributed by atoms with Crippen LogP contribution in [0, 0.1) is 11.8 Å². The molecular formula is C30H38N2O2. The molecule has 0 aromatic rings. The zero-order chi connectivity index (χ0) is 25.0. The van der Waals surface area contributed by atoms with E-state index in [1.54, 1.807) is 26.0 Å². The van der Waals surface area contributed by atoms with Crippen molar-refractivity contribution >= 4 is 11.8 Å². The van der Waals surface area contributed by atoms with E-state index in [-0.39, 0.29) is 23.7 Å². The van der Waals surface area contributed by atoms with Crippen LogP contribution in [0.4, 0.5) is 0 Å². The minimum absolute atomic E-state index is 0.0630. The largest absolute Gasteiger partial charge is 0.352 e. The van der Waals surface area contributed by atoms with E-state index in [4.69, 9.17) is 0 Å². The zero-order valence-electron chi connectivity index (χ0n) is 20.8. The number of carbonyl (C=O) groups excluding carboxylic acids is 2. The second-order valence-corrected chi connectivity index (χ2v) is 8.15. The number of carbonyl (C=O) groups is 2. The summed E-state index contributed by atoms with van der Waals surface area (Å²) in [7, 11) is 0. The van der Waals surface area contributed by atoms with Gasteiger partial charge in [0.25, 0.3) is 0 Å². The topological polar surface area (TPSA) is 58.2 Å². The van der Waals surface area contributed by atoms with E-state index in [1.807, 2.05) is 97.2 Å². The zero-order valence-corrected chi connectivity index (χ0v) is 20.8. The molecule has 4 heteroatoms. The van der Waals surface area contributed by atoms with Crippen LogP contribution in [0.15, 0.2) is 121 Å². The van der Waals surface area contributed by atoms with Crippen molar-refractivity contribution in [3.05, 3.63) is 121 Å². The quantitative estimate of drug-likeness (QED) is 0.479. The van der Waals surface area contributed by atoms with Crippen LogP contribution in [0.3, 0.4) is 0 Å². The Morgan fingerprint density at radius 3 is 1.18 bits per heavy atom. The molecule has 1 rings (SSSR count). The summed E-state index contributed by atoms with van der Waals surface area (Å²) in [5.74, 6) is 0.316. The lowest BCUT2D eigenvalue weighted by molar-refractivity contribution is -0.118. The second kappa shape index (κ2) is 17.8. The molecule has 1 heterocycles. The average molecular weight is 459 g/mol. The van der Waals surface area contributed by atoms with Crippen molar-refractivity contribution in [3.8, 4) is 0 Å². The summed E-state index contributed by atoms with van der Waals surface area (Å²) >= 11 is 0. The predicted octanol–water partition coefficient (Wildman–Crippen LogP) is 5.85. The van der Waals surface area contributed by atoms with Gasteiger partial charge in [-0.05, 0) is 25.7 Å². The van der Waals surface area contributed by atoms with Crippen molar-refractivity contribution < 1.29 is 9.59 Å². The van der Waals surface area contributed by atoms with Gasteiger partial charge in [-0.2, -0.15) is 0 Å². The van der Waals surface area contributed by atoms with Crippen LogP contribution in [-0.4, -0.2) is 24.9 Å². The van der Waals surface area contributed by atoms with E-state index in [9.17, 15) is 9.59 Å². The Kier molecular flexibility index (Phi) is 14.9. The van der Waals surface area contributed by atoms with Gasteiger partial charge in [-0.3, -0.25) is 9.59 Å². The van der Waals surface area contributed by atoms with Crippen LogP contribution in [0.5, 0.6) is 0 Å². The van der Waals surface area contributed by atoms with Gasteiger partial charge in [0.05, 0.1) is 0 Å². The van der Waals surface area contributed by atoms with Gasteiger partial charge in [0.15, 0.2) is 0 Å². The molecule has 0 aromatic carbocycles. The number of hydrogen-bond acceptors (Lipinski definition) is 2. The van der Waals surface area contributed by atoms with Gasteiger partial charge < -0.3 is 10.6 Å². The maximum atomic E-state index is 12.2. The smallest absolute Gasteiger partial charge is 0.246 e. The van der Waals surface area contributed by atoms with Gasteiger partial charge in [0.1, 0.15) is 0 Å². The van der Waals surface area contributed by atoms with Crippen molar-refractivity contribution in [1.29, 1.82) is 0 Å². The molecule has 0 radical (unpaired) electrons. The Bertz CT molecular complexity index is 872. The molecule has 0 saturated heterocycles. The lowest BCUT2D eigenvalue weighted by Crippen LogP contribution is -2.28. The summed E-state index contributed by atoms with van der Waals surface area (Å²) in [5.41, 5.74) is 1.33. The molecule has 0 aliphatic carbocycles. The highest BCUT2D eigenvalue weighted by Gasteiger charge is 2.05. The molecule has 4 nitrogen and oxygen atoms in total. The number of rotatable bonds is 0. The van der Waals surface area contributed by atoms with Crippen molar-refractivity contribution in [2.45, 2.75) is 27.7 Å². The highest BCUT2D eigenvalue weighted by molar-refractivity contribution is 5.93. The van der Waals surface area contributed by atoms with E-state index in [0.717, 1.165) is 0 Å². The lowest BCUT2D eigenvalue weighted by Gasteiger charge is -2.08. The Hall–Kier alpha value is -3.66. The third-order valence-corrected chi connectivity index (χ3v) is 4.79. The van der Waals surface area contributed by atoms with Crippen molar-refractivity contribution in [1.82, 2.24) is 10.6 Å². The van der Waals surface area contributed by atoms with Crippen LogP contribution in [0.2, 0.25) is 0 Å². The summed E-state index contributed by atoms with van der Waals surface area (Å²) in [5, 5.41) is 5.91. The van der Waals surface area contributed by atoms with E-state index in [0.29, 0.717) is 24.2 Å². The van der Waals surface area contributed by atoms with Crippen LogP contribution in [-0.2, 0) is 9.59 Å². The van der Waals surface area contributed by atoms with Crippen LogP contribution >= 0.6 is 0 Å².